The Hall–Kier alpha value is -0.380. The number of hydrogen-bond donors (Lipinski definition) is 0. The van der Waals surface area contributed by atoms with Crippen LogP contribution in [0, 0.1) is 13.7 Å². The van der Waals surface area contributed by atoms with Crippen LogP contribution in [0.5, 0.6) is 0 Å². The summed E-state index contributed by atoms with van der Waals surface area (Å²) < 4.78 is 37.9. The Morgan fingerprint density at radius 2 is 2.00 bits per heavy atom. The van der Waals surface area contributed by atoms with Gasteiger partial charge < -0.3 is 0 Å². The first-order valence-electron chi connectivity index (χ1n) is 4.37. The maximum atomic E-state index is 12.5. The van der Waals surface area contributed by atoms with E-state index in [-0.39, 0.29) is 3.57 Å². The molecule has 0 aliphatic rings. The van der Waals surface area contributed by atoms with Crippen molar-refractivity contribution in [3.63, 3.8) is 0 Å². The van der Waals surface area contributed by atoms with E-state index in [1.54, 1.807) is 22.6 Å². The molecule has 0 aliphatic heterocycles. The fourth-order valence-electron chi connectivity index (χ4n) is 1.25. The zero-order valence-corrected chi connectivity index (χ0v) is 12.0. The van der Waals surface area contributed by atoms with Crippen LogP contribution < -0.4 is 0 Å². The Morgan fingerprint density at radius 3 is 2.41 bits per heavy atom. The lowest BCUT2D eigenvalue weighted by molar-refractivity contribution is -0.386. The molecule has 94 valence electrons. The maximum Gasteiger partial charge on any atom is 0.416 e. The van der Waals surface area contributed by atoms with Gasteiger partial charge in [-0.2, -0.15) is 13.2 Å². The molecule has 0 saturated heterocycles. The second kappa shape index (κ2) is 5.51. The van der Waals surface area contributed by atoms with Crippen molar-refractivity contribution in [2.75, 3.05) is 5.33 Å². The Labute approximate surface area is 117 Å². The van der Waals surface area contributed by atoms with E-state index < -0.39 is 22.4 Å². The summed E-state index contributed by atoms with van der Waals surface area (Å²) in [5.41, 5.74) is -1.17. The first-order valence-corrected chi connectivity index (χ1v) is 6.57. The van der Waals surface area contributed by atoms with E-state index >= 15 is 0 Å². The highest BCUT2D eigenvalue weighted by molar-refractivity contribution is 14.1. The van der Waals surface area contributed by atoms with Crippen LogP contribution in [-0.2, 0) is 12.6 Å². The van der Waals surface area contributed by atoms with Crippen LogP contribution in [0.1, 0.15) is 11.1 Å². The van der Waals surface area contributed by atoms with Crippen molar-refractivity contribution in [3.05, 3.63) is 36.9 Å². The molecule has 0 saturated carbocycles. The molecule has 0 fully saturated rings. The first kappa shape index (κ1) is 14.7. The molecule has 1 aromatic rings. The van der Waals surface area contributed by atoms with E-state index in [1.165, 1.54) is 0 Å². The van der Waals surface area contributed by atoms with Gasteiger partial charge in [0.2, 0.25) is 0 Å². The molecule has 8 heteroatoms. The highest BCUT2D eigenvalue weighted by Gasteiger charge is 2.34. The van der Waals surface area contributed by atoms with Crippen molar-refractivity contribution < 1.29 is 18.1 Å². The highest BCUT2D eigenvalue weighted by Crippen LogP contribution is 2.35. The fraction of sp³-hybridized carbons (Fsp3) is 0.333. The summed E-state index contributed by atoms with van der Waals surface area (Å²) in [5, 5.41) is 11.1. The van der Waals surface area contributed by atoms with E-state index in [2.05, 4.69) is 15.9 Å². The number of nitrogens with zero attached hydrogens (tertiary/aromatic N) is 1. The third-order valence-electron chi connectivity index (χ3n) is 2.02. The first-order chi connectivity index (χ1) is 7.77. The van der Waals surface area contributed by atoms with E-state index in [4.69, 9.17) is 0 Å². The zero-order chi connectivity index (χ0) is 13.2. The van der Waals surface area contributed by atoms with Gasteiger partial charge in [-0.25, -0.2) is 0 Å². The van der Waals surface area contributed by atoms with Gasteiger partial charge in [0.05, 0.1) is 14.1 Å². The molecule has 17 heavy (non-hydrogen) atoms. The summed E-state index contributed by atoms with van der Waals surface area (Å²) in [6, 6.07) is 1.52. The van der Waals surface area contributed by atoms with Crippen molar-refractivity contribution in [3.8, 4) is 0 Å². The molecule has 0 unspecified atom stereocenters. The quantitative estimate of drug-likeness (QED) is 0.317. The van der Waals surface area contributed by atoms with Gasteiger partial charge in [-0.3, -0.25) is 10.1 Å². The Bertz CT molecular complexity index is 451. The lowest BCUT2D eigenvalue weighted by Gasteiger charge is -2.10. The van der Waals surface area contributed by atoms with E-state index in [0.717, 1.165) is 6.07 Å². The normalized spacial score (nSPS) is 11.6. The molecule has 1 aromatic carbocycles. The summed E-state index contributed by atoms with van der Waals surface area (Å²) >= 11 is 4.80. The van der Waals surface area contributed by atoms with Gasteiger partial charge in [0.25, 0.3) is 5.69 Å². The average molecular weight is 424 g/mol. The van der Waals surface area contributed by atoms with Gasteiger partial charge in [-0.15, -0.1) is 0 Å². The summed E-state index contributed by atoms with van der Waals surface area (Å²) in [5.74, 6) is 0. The number of rotatable bonds is 3. The van der Waals surface area contributed by atoms with Gasteiger partial charge in [-0.05, 0) is 40.6 Å². The highest BCUT2D eigenvalue weighted by atomic mass is 127. The predicted molar refractivity (Wildman–Crippen MR) is 68.3 cm³/mol. The Morgan fingerprint density at radius 1 is 1.41 bits per heavy atom. The predicted octanol–water partition coefficient (Wildman–Crippen LogP) is 4.16. The van der Waals surface area contributed by atoms with Crippen LogP contribution in [0.2, 0.25) is 0 Å². The Kier molecular flexibility index (Phi) is 4.76. The van der Waals surface area contributed by atoms with Crippen LogP contribution in [0.4, 0.5) is 18.9 Å². The minimum atomic E-state index is -4.57. The van der Waals surface area contributed by atoms with Gasteiger partial charge in [-0.1, -0.05) is 15.9 Å². The molecular weight excluding hydrogens is 418 g/mol. The molecule has 1 rings (SSSR count). The molecule has 3 nitrogen and oxygen atoms in total. The SMILES string of the molecule is O=[N+]([O-])c1cc(C(F)(F)F)cc(CCBr)c1I. The van der Waals surface area contributed by atoms with Gasteiger partial charge in [0.15, 0.2) is 0 Å². The minimum absolute atomic E-state index is 0.250. The summed E-state index contributed by atoms with van der Waals surface area (Å²) in [4.78, 5) is 9.88. The number of aryl methyl sites for hydroxylation is 1. The van der Waals surface area contributed by atoms with E-state index in [9.17, 15) is 23.3 Å². The second-order valence-corrected chi connectivity index (χ2v) is 5.03. The lowest BCUT2D eigenvalue weighted by atomic mass is 10.1. The largest absolute Gasteiger partial charge is 0.416 e. The maximum absolute atomic E-state index is 12.5. The van der Waals surface area contributed by atoms with E-state index in [0.29, 0.717) is 23.4 Å². The number of halogens is 5. The average Bonchev–Trinajstić information content (AvgIpc) is 2.19. The van der Waals surface area contributed by atoms with Crippen molar-refractivity contribution in [1.82, 2.24) is 0 Å². The standard InChI is InChI=1S/C9H6BrF3INO2/c10-2-1-5-3-6(9(11,12)13)4-7(8(5)14)15(16)17/h3-4H,1-2H2. The number of benzene rings is 1. The monoisotopic (exact) mass is 423 g/mol. The summed E-state index contributed by atoms with van der Waals surface area (Å²) in [7, 11) is 0. The summed E-state index contributed by atoms with van der Waals surface area (Å²) in [6.45, 7) is 0. The molecule has 0 atom stereocenters. The fourth-order valence-corrected chi connectivity index (χ4v) is 2.45. The molecule has 0 aliphatic carbocycles. The number of alkyl halides is 4. The second-order valence-electron chi connectivity index (χ2n) is 3.16. The number of hydrogen-bond acceptors (Lipinski definition) is 2. The van der Waals surface area contributed by atoms with Crippen molar-refractivity contribution in [2.45, 2.75) is 12.6 Å². The Balaban J connectivity index is 3.42. The van der Waals surface area contributed by atoms with Crippen LogP contribution in [0.3, 0.4) is 0 Å². The van der Waals surface area contributed by atoms with E-state index in [1.807, 2.05) is 0 Å². The number of nitro groups is 1. The summed E-state index contributed by atoms with van der Waals surface area (Å²) in [6.07, 6.45) is -4.26. The third kappa shape index (κ3) is 3.54. The molecule has 0 heterocycles. The van der Waals surface area contributed by atoms with Crippen molar-refractivity contribution in [2.24, 2.45) is 0 Å². The van der Waals surface area contributed by atoms with Gasteiger partial charge >= 0.3 is 6.18 Å². The van der Waals surface area contributed by atoms with Crippen LogP contribution in [0.15, 0.2) is 12.1 Å². The molecule has 0 amide bonds. The van der Waals surface area contributed by atoms with Crippen LogP contribution in [-0.4, -0.2) is 10.3 Å². The smallest absolute Gasteiger partial charge is 0.258 e. The van der Waals surface area contributed by atoms with Gasteiger partial charge in [0.1, 0.15) is 0 Å². The van der Waals surface area contributed by atoms with Crippen molar-refractivity contribution >= 4 is 44.2 Å². The minimum Gasteiger partial charge on any atom is -0.258 e. The molecule has 0 spiro atoms. The molecular formula is C9H6BrF3INO2. The third-order valence-corrected chi connectivity index (χ3v) is 3.66. The zero-order valence-electron chi connectivity index (χ0n) is 8.22. The van der Waals surface area contributed by atoms with Crippen molar-refractivity contribution in [1.29, 1.82) is 0 Å². The van der Waals surface area contributed by atoms with Crippen LogP contribution >= 0.6 is 38.5 Å². The van der Waals surface area contributed by atoms with Gasteiger partial charge in [0, 0.05) is 11.4 Å². The molecule has 0 N–H and O–H groups in total. The lowest BCUT2D eigenvalue weighted by Crippen LogP contribution is -2.08. The van der Waals surface area contributed by atoms with Crippen LogP contribution in [0.25, 0.3) is 0 Å². The topological polar surface area (TPSA) is 43.1 Å². The number of nitro benzene ring substituents is 1. The molecule has 0 aromatic heterocycles. The molecule has 0 radical (unpaired) electrons. The molecule has 0 bridgehead atoms.